The van der Waals surface area contributed by atoms with Crippen molar-refractivity contribution in [1.29, 1.82) is 5.26 Å². The maximum Gasteiger partial charge on any atom is 0.348 e. The average Bonchev–Trinajstić information content (AvgIpc) is 2.90. The van der Waals surface area contributed by atoms with Crippen LogP contribution in [0.3, 0.4) is 0 Å². The summed E-state index contributed by atoms with van der Waals surface area (Å²) in [4.78, 5) is 24.4. The minimum atomic E-state index is -0.532. The van der Waals surface area contributed by atoms with E-state index in [0.717, 1.165) is 11.3 Å². The van der Waals surface area contributed by atoms with Gasteiger partial charge in [0.2, 0.25) is 0 Å². The Morgan fingerprint density at radius 3 is 2.50 bits per heavy atom. The summed E-state index contributed by atoms with van der Waals surface area (Å²) in [5, 5.41) is 12.3. The maximum absolute atomic E-state index is 12.3. The van der Waals surface area contributed by atoms with Crippen molar-refractivity contribution in [3.8, 4) is 11.8 Å². The van der Waals surface area contributed by atoms with Gasteiger partial charge in [0, 0.05) is 5.56 Å². The van der Waals surface area contributed by atoms with Crippen LogP contribution < -0.4 is 10.1 Å². The SMILES string of the molecule is CCOc1ccc(C(=O)Nc2sc(C(=O)OC)c(C)c2C#N)cc1. The molecule has 7 heteroatoms. The van der Waals surface area contributed by atoms with Gasteiger partial charge in [-0.05, 0) is 43.7 Å². The molecule has 0 bridgehead atoms. The molecule has 2 aromatic rings. The van der Waals surface area contributed by atoms with Crippen molar-refractivity contribution in [3.63, 3.8) is 0 Å². The fourth-order valence-corrected chi connectivity index (χ4v) is 3.14. The number of carbonyl (C=O) groups is 2. The summed E-state index contributed by atoms with van der Waals surface area (Å²) in [5.74, 6) is -0.227. The van der Waals surface area contributed by atoms with Crippen molar-refractivity contribution in [2.45, 2.75) is 13.8 Å². The van der Waals surface area contributed by atoms with Crippen LogP contribution in [0.15, 0.2) is 24.3 Å². The van der Waals surface area contributed by atoms with Gasteiger partial charge in [0.05, 0.1) is 19.3 Å². The van der Waals surface area contributed by atoms with Crippen molar-refractivity contribution in [2.75, 3.05) is 19.0 Å². The number of nitrogens with one attached hydrogen (secondary N) is 1. The monoisotopic (exact) mass is 344 g/mol. The van der Waals surface area contributed by atoms with Gasteiger partial charge in [0.25, 0.3) is 5.91 Å². The van der Waals surface area contributed by atoms with Gasteiger partial charge in [-0.1, -0.05) is 0 Å². The zero-order chi connectivity index (χ0) is 17.7. The predicted molar refractivity (Wildman–Crippen MR) is 90.7 cm³/mol. The molecule has 0 aliphatic rings. The molecule has 0 atom stereocenters. The Kier molecular flexibility index (Phi) is 5.55. The van der Waals surface area contributed by atoms with Gasteiger partial charge in [0.15, 0.2) is 0 Å². The van der Waals surface area contributed by atoms with E-state index in [1.807, 2.05) is 13.0 Å². The van der Waals surface area contributed by atoms with Crippen molar-refractivity contribution < 1.29 is 19.1 Å². The van der Waals surface area contributed by atoms with Crippen LogP contribution in [0.5, 0.6) is 5.75 Å². The lowest BCUT2D eigenvalue weighted by Crippen LogP contribution is -2.11. The number of hydrogen-bond acceptors (Lipinski definition) is 6. The van der Waals surface area contributed by atoms with Crippen molar-refractivity contribution in [2.24, 2.45) is 0 Å². The first-order chi connectivity index (χ1) is 11.5. The van der Waals surface area contributed by atoms with E-state index in [2.05, 4.69) is 5.32 Å². The summed E-state index contributed by atoms with van der Waals surface area (Å²) in [6.45, 7) is 4.07. The Morgan fingerprint density at radius 2 is 1.96 bits per heavy atom. The first-order valence-corrected chi connectivity index (χ1v) is 7.99. The summed E-state index contributed by atoms with van der Waals surface area (Å²) in [6, 6.07) is 8.67. The highest BCUT2D eigenvalue weighted by Crippen LogP contribution is 2.33. The third kappa shape index (κ3) is 3.55. The largest absolute Gasteiger partial charge is 0.494 e. The Hall–Kier alpha value is -2.85. The van der Waals surface area contributed by atoms with E-state index in [1.54, 1.807) is 31.2 Å². The van der Waals surface area contributed by atoms with Gasteiger partial charge in [-0.25, -0.2) is 4.79 Å². The molecular formula is C17H16N2O4S. The van der Waals surface area contributed by atoms with Crippen LogP contribution in [0, 0.1) is 18.3 Å². The number of hydrogen-bond donors (Lipinski definition) is 1. The molecule has 0 saturated heterocycles. The highest BCUT2D eigenvalue weighted by atomic mass is 32.1. The van der Waals surface area contributed by atoms with Gasteiger partial charge >= 0.3 is 5.97 Å². The summed E-state index contributed by atoms with van der Waals surface area (Å²) < 4.78 is 10.0. The number of anilines is 1. The molecule has 0 aliphatic carbocycles. The lowest BCUT2D eigenvalue weighted by atomic mass is 10.1. The number of amides is 1. The van der Waals surface area contributed by atoms with Crippen LogP contribution in [0.4, 0.5) is 5.00 Å². The van der Waals surface area contributed by atoms with E-state index in [9.17, 15) is 14.9 Å². The second-order valence-corrected chi connectivity index (χ2v) is 5.80. The fourth-order valence-electron chi connectivity index (χ4n) is 2.07. The summed E-state index contributed by atoms with van der Waals surface area (Å²) in [6.07, 6.45) is 0. The molecule has 0 unspecified atom stereocenters. The molecule has 1 aromatic carbocycles. The van der Waals surface area contributed by atoms with E-state index in [4.69, 9.17) is 9.47 Å². The van der Waals surface area contributed by atoms with Crippen LogP contribution in [0.2, 0.25) is 0 Å². The van der Waals surface area contributed by atoms with E-state index >= 15 is 0 Å². The molecule has 0 aliphatic heterocycles. The number of nitriles is 1. The molecule has 24 heavy (non-hydrogen) atoms. The van der Waals surface area contributed by atoms with Crippen molar-refractivity contribution in [1.82, 2.24) is 0 Å². The topological polar surface area (TPSA) is 88.4 Å². The van der Waals surface area contributed by atoms with Gasteiger partial charge in [-0.3, -0.25) is 4.79 Å². The van der Waals surface area contributed by atoms with E-state index in [1.165, 1.54) is 7.11 Å². The normalized spacial score (nSPS) is 9.92. The molecule has 1 aromatic heterocycles. The number of esters is 1. The second kappa shape index (κ2) is 7.62. The van der Waals surface area contributed by atoms with E-state index in [-0.39, 0.29) is 11.5 Å². The van der Waals surface area contributed by atoms with Crippen LogP contribution in [-0.2, 0) is 4.74 Å². The zero-order valence-electron chi connectivity index (χ0n) is 13.5. The number of carbonyl (C=O) groups excluding carboxylic acids is 2. The summed E-state index contributed by atoms with van der Waals surface area (Å²) in [5.41, 5.74) is 1.18. The molecule has 0 saturated carbocycles. The van der Waals surface area contributed by atoms with Crippen LogP contribution in [0.1, 0.15) is 38.1 Å². The molecule has 124 valence electrons. The molecule has 0 radical (unpaired) electrons. The number of ether oxygens (including phenoxy) is 2. The number of nitrogens with zero attached hydrogens (tertiary/aromatic N) is 1. The van der Waals surface area contributed by atoms with Crippen LogP contribution in [-0.4, -0.2) is 25.6 Å². The third-order valence-electron chi connectivity index (χ3n) is 3.28. The molecule has 0 fully saturated rings. The molecule has 1 heterocycles. The highest BCUT2D eigenvalue weighted by Gasteiger charge is 2.22. The van der Waals surface area contributed by atoms with Gasteiger partial charge in [-0.15, -0.1) is 11.3 Å². The first kappa shape index (κ1) is 17.5. The fraction of sp³-hybridized carbons (Fsp3) is 0.235. The minimum Gasteiger partial charge on any atom is -0.494 e. The van der Waals surface area contributed by atoms with Gasteiger partial charge < -0.3 is 14.8 Å². The molecule has 0 spiro atoms. The summed E-state index contributed by atoms with van der Waals surface area (Å²) in [7, 11) is 1.27. The number of benzene rings is 1. The van der Waals surface area contributed by atoms with Crippen molar-refractivity contribution >= 4 is 28.2 Å². The van der Waals surface area contributed by atoms with Crippen LogP contribution >= 0.6 is 11.3 Å². The summed E-state index contributed by atoms with van der Waals surface area (Å²) >= 11 is 1.02. The second-order valence-electron chi connectivity index (χ2n) is 4.78. The predicted octanol–water partition coefficient (Wildman–Crippen LogP) is 3.37. The van der Waals surface area contributed by atoms with Crippen LogP contribution in [0.25, 0.3) is 0 Å². The number of rotatable bonds is 5. The zero-order valence-corrected chi connectivity index (χ0v) is 14.3. The number of thiophene rings is 1. The average molecular weight is 344 g/mol. The molecule has 6 nitrogen and oxygen atoms in total. The lowest BCUT2D eigenvalue weighted by Gasteiger charge is -2.05. The molecule has 2 rings (SSSR count). The van der Waals surface area contributed by atoms with Gasteiger partial charge in [-0.2, -0.15) is 5.26 Å². The lowest BCUT2D eigenvalue weighted by molar-refractivity contribution is 0.0605. The van der Waals surface area contributed by atoms with Crippen molar-refractivity contribution in [3.05, 3.63) is 45.8 Å². The van der Waals surface area contributed by atoms with Gasteiger partial charge in [0.1, 0.15) is 21.7 Å². The number of methoxy groups -OCH3 is 1. The Morgan fingerprint density at radius 1 is 1.29 bits per heavy atom. The third-order valence-corrected chi connectivity index (χ3v) is 4.47. The molecular weight excluding hydrogens is 328 g/mol. The maximum atomic E-state index is 12.3. The molecule has 1 N–H and O–H groups in total. The Bertz CT molecular complexity index is 803. The smallest absolute Gasteiger partial charge is 0.348 e. The van der Waals surface area contributed by atoms with E-state index in [0.29, 0.717) is 33.4 Å². The molecule has 1 amide bonds. The standard InChI is InChI=1S/C17H16N2O4S/c1-4-23-12-7-5-11(6-8-12)15(20)19-16-13(9-18)10(2)14(24-16)17(21)22-3/h5-8H,4H2,1-3H3,(H,19,20). The Balaban J connectivity index is 2.25. The quantitative estimate of drug-likeness (QED) is 0.840. The minimum absolute atomic E-state index is 0.264. The highest BCUT2D eigenvalue weighted by molar-refractivity contribution is 7.18. The Labute approximate surface area is 143 Å². The first-order valence-electron chi connectivity index (χ1n) is 7.17. The van der Waals surface area contributed by atoms with E-state index < -0.39 is 5.97 Å².